The van der Waals surface area contributed by atoms with Gasteiger partial charge in [0, 0.05) is 28.8 Å². The van der Waals surface area contributed by atoms with Gasteiger partial charge in [0.2, 0.25) is 0 Å². The summed E-state index contributed by atoms with van der Waals surface area (Å²) in [5, 5.41) is 14.4. The molecule has 0 aliphatic carbocycles. The predicted molar refractivity (Wildman–Crippen MR) is 118 cm³/mol. The molecule has 1 aliphatic heterocycles. The third kappa shape index (κ3) is 4.37. The molecular formula is C23H19BrClFN2O. The fourth-order valence-electron chi connectivity index (χ4n) is 3.48. The van der Waals surface area contributed by atoms with Gasteiger partial charge in [0.15, 0.2) is 0 Å². The third-order valence-electron chi connectivity index (χ3n) is 5.05. The molecule has 0 aromatic heterocycles. The number of benzene rings is 3. The third-order valence-corrected chi connectivity index (χ3v) is 5.89. The van der Waals surface area contributed by atoms with Crippen LogP contribution in [0.4, 0.5) is 4.39 Å². The van der Waals surface area contributed by atoms with Gasteiger partial charge in [-0.15, -0.1) is 0 Å². The van der Waals surface area contributed by atoms with Crippen LogP contribution in [0.2, 0.25) is 5.02 Å². The van der Waals surface area contributed by atoms with Crippen LogP contribution < -0.4 is 5.32 Å². The number of phenolic OH excluding ortho intramolecular Hbond substituents is 1. The first-order valence-corrected chi connectivity index (χ1v) is 10.4. The van der Waals surface area contributed by atoms with Gasteiger partial charge in [-0.25, -0.2) is 4.39 Å². The van der Waals surface area contributed by atoms with E-state index in [2.05, 4.69) is 33.4 Å². The van der Waals surface area contributed by atoms with Gasteiger partial charge < -0.3 is 5.11 Å². The average Bonchev–Trinajstić information content (AvgIpc) is 2.72. The summed E-state index contributed by atoms with van der Waals surface area (Å²) in [6.07, 6.45) is 0.205. The standard InChI is InChI=1S/C23H19BrClFN2O/c1-13-2-4-14(5-3-13)20-12-21(17-11-16(25)7-9-22(17)29)28-23(27-20)15-6-8-19(26)18(24)10-15/h2-11,21,23,28-29H,12H2,1H3/t21-,23-/m1/s1. The van der Waals surface area contributed by atoms with Gasteiger partial charge in [-0.1, -0.05) is 47.5 Å². The van der Waals surface area contributed by atoms with Crippen molar-refractivity contribution in [2.45, 2.75) is 25.6 Å². The maximum absolute atomic E-state index is 13.7. The highest BCUT2D eigenvalue weighted by atomic mass is 79.9. The van der Waals surface area contributed by atoms with E-state index in [0.29, 0.717) is 21.5 Å². The minimum absolute atomic E-state index is 0.177. The second-order valence-electron chi connectivity index (χ2n) is 7.14. The molecule has 2 atom stereocenters. The Morgan fingerprint density at radius 3 is 2.59 bits per heavy atom. The Labute approximate surface area is 182 Å². The Kier molecular flexibility index (Phi) is 5.72. The molecule has 0 saturated carbocycles. The van der Waals surface area contributed by atoms with Crippen LogP contribution in [0.5, 0.6) is 5.75 Å². The van der Waals surface area contributed by atoms with Crippen LogP contribution in [-0.2, 0) is 0 Å². The molecular weight excluding hydrogens is 455 g/mol. The van der Waals surface area contributed by atoms with Crippen molar-refractivity contribution in [2.24, 2.45) is 4.99 Å². The Balaban J connectivity index is 1.78. The lowest BCUT2D eigenvalue weighted by Crippen LogP contribution is -2.33. The molecule has 4 rings (SSSR count). The second kappa shape index (κ2) is 8.27. The van der Waals surface area contributed by atoms with Gasteiger partial charge in [0.05, 0.1) is 4.47 Å². The molecule has 148 valence electrons. The maximum Gasteiger partial charge on any atom is 0.137 e. The van der Waals surface area contributed by atoms with Crippen molar-refractivity contribution in [3.63, 3.8) is 0 Å². The molecule has 1 heterocycles. The topological polar surface area (TPSA) is 44.6 Å². The predicted octanol–water partition coefficient (Wildman–Crippen LogP) is 6.48. The van der Waals surface area contributed by atoms with E-state index in [1.807, 2.05) is 19.1 Å². The molecule has 0 bridgehead atoms. The zero-order valence-corrected chi connectivity index (χ0v) is 18.0. The number of nitrogens with zero attached hydrogens (tertiary/aromatic N) is 1. The Morgan fingerprint density at radius 1 is 1.10 bits per heavy atom. The molecule has 2 N–H and O–H groups in total. The number of rotatable bonds is 3. The quantitative estimate of drug-likeness (QED) is 0.457. The number of phenols is 1. The SMILES string of the molecule is Cc1ccc(C2=N[C@@H](c3ccc(F)c(Br)c3)N[C@@H](c3cc(Cl)ccc3O)C2)cc1. The van der Waals surface area contributed by atoms with E-state index in [1.165, 1.54) is 11.6 Å². The van der Waals surface area contributed by atoms with E-state index in [9.17, 15) is 9.50 Å². The summed E-state index contributed by atoms with van der Waals surface area (Å²) in [4.78, 5) is 4.90. The summed E-state index contributed by atoms with van der Waals surface area (Å²) in [5.41, 5.74) is 4.65. The highest BCUT2D eigenvalue weighted by molar-refractivity contribution is 9.10. The zero-order valence-electron chi connectivity index (χ0n) is 15.7. The summed E-state index contributed by atoms with van der Waals surface area (Å²) in [6.45, 7) is 2.04. The number of aryl methyl sites for hydroxylation is 1. The molecule has 0 saturated heterocycles. The van der Waals surface area contributed by atoms with E-state index in [4.69, 9.17) is 16.6 Å². The summed E-state index contributed by atoms with van der Waals surface area (Å²) in [7, 11) is 0. The van der Waals surface area contributed by atoms with Gasteiger partial charge in [-0.3, -0.25) is 10.3 Å². The molecule has 3 aromatic rings. The molecule has 29 heavy (non-hydrogen) atoms. The summed E-state index contributed by atoms with van der Waals surface area (Å²) in [5.74, 6) is -0.146. The lowest BCUT2D eigenvalue weighted by atomic mass is 9.93. The van der Waals surface area contributed by atoms with Gasteiger partial charge >= 0.3 is 0 Å². The van der Waals surface area contributed by atoms with Gasteiger partial charge in [0.1, 0.15) is 17.7 Å². The zero-order chi connectivity index (χ0) is 20.5. The van der Waals surface area contributed by atoms with Crippen LogP contribution in [0.1, 0.15) is 40.9 Å². The van der Waals surface area contributed by atoms with Gasteiger partial charge in [-0.2, -0.15) is 0 Å². The smallest absolute Gasteiger partial charge is 0.137 e. The fourth-order valence-corrected chi connectivity index (χ4v) is 4.06. The van der Waals surface area contributed by atoms with Crippen LogP contribution in [0.15, 0.2) is 70.1 Å². The average molecular weight is 474 g/mol. The monoisotopic (exact) mass is 472 g/mol. The largest absolute Gasteiger partial charge is 0.508 e. The van der Waals surface area contributed by atoms with E-state index in [-0.39, 0.29) is 23.8 Å². The van der Waals surface area contributed by atoms with E-state index in [1.54, 1.807) is 30.3 Å². The van der Waals surface area contributed by atoms with Crippen molar-refractivity contribution >= 4 is 33.2 Å². The number of hydrogen-bond acceptors (Lipinski definition) is 3. The van der Waals surface area contributed by atoms with Crippen LogP contribution in [0.25, 0.3) is 0 Å². The first-order chi connectivity index (χ1) is 13.9. The molecule has 0 unspecified atom stereocenters. The first kappa shape index (κ1) is 20.1. The maximum atomic E-state index is 13.7. The van der Waals surface area contributed by atoms with Crippen molar-refractivity contribution in [2.75, 3.05) is 0 Å². The van der Waals surface area contributed by atoms with E-state index >= 15 is 0 Å². The van der Waals surface area contributed by atoms with E-state index < -0.39 is 0 Å². The van der Waals surface area contributed by atoms with E-state index in [0.717, 1.165) is 16.8 Å². The molecule has 0 radical (unpaired) electrons. The van der Waals surface area contributed by atoms with Crippen LogP contribution in [-0.4, -0.2) is 10.8 Å². The highest BCUT2D eigenvalue weighted by Crippen LogP contribution is 2.36. The van der Waals surface area contributed by atoms with Crippen LogP contribution in [0, 0.1) is 12.7 Å². The van der Waals surface area contributed by atoms with Crippen molar-refractivity contribution in [3.05, 3.63) is 98.2 Å². The minimum Gasteiger partial charge on any atom is -0.508 e. The number of aliphatic imine (C=N–C) groups is 1. The molecule has 3 aromatic carbocycles. The number of nitrogens with one attached hydrogen (secondary N) is 1. The van der Waals surface area contributed by atoms with Gasteiger partial charge in [-0.05, 0) is 64.3 Å². The Bertz CT molecular complexity index is 1080. The lowest BCUT2D eigenvalue weighted by molar-refractivity contribution is 0.412. The Hall–Kier alpha value is -2.21. The van der Waals surface area contributed by atoms with Crippen LogP contribution >= 0.6 is 27.5 Å². The summed E-state index contributed by atoms with van der Waals surface area (Å²) >= 11 is 9.43. The first-order valence-electron chi connectivity index (χ1n) is 9.24. The molecule has 6 heteroatoms. The highest BCUT2D eigenvalue weighted by Gasteiger charge is 2.28. The molecule has 1 aliphatic rings. The van der Waals surface area contributed by atoms with Crippen molar-refractivity contribution in [1.29, 1.82) is 0 Å². The molecule has 0 amide bonds. The molecule has 3 nitrogen and oxygen atoms in total. The minimum atomic E-state index is -0.389. The second-order valence-corrected chi connectivity index (χ2v) is 8.44. The van der Waals surface area contributed by atoms with Crippen molar-refractivity contribution in [1.82, 2.24) is 5.32 Å². The normalized spacial score (nSPS) is 19.1. The lowest BCUT2D eigenvalue weighted by Gasteiger charge is -2.31. The molecule has 0 spiro atoms. The Morgan fingerprint density at radius 2 is 1.86 bits per heavy atom. The number of hydrogen-bond donors (Lipinski definition) is 2. The molecule has 0 fully saturated rings. The fraction of sp³-hybridized carbons (Fsp3) is 0.174. The van der Waals surface area contributed by atoms with Crippen LogP contribution in [0.3, 0.4) is 0 Å². The summed E-state index contributed by atoms with van der Waals surface area (Å²) < 4.78 is 14.1. The van der Waals surface area contributed by atoms with Gasteiger partial charge in [0.25, 0.3) is 0 Å². The van der Waals surface area contributed by atoms with Crippen molar-refractivity contribution < 1.29 is 9.50 Å². The summed E-state index contributed by atoms with van der Waals surface area (Å²) in [6, 6.07) is 17.9. The number of aromatic hydroxyl groups is 1. The number of halogens is 3. The van der Waals surface area contributed by atoms with Crippen molar-refractivity contribution in [3.8, 4) is 5.75 Å².